The quantitative estimate of drug-likeness (QED) is 0.863. The Balaban J connectivity index is 2.20. The lowest BCUT2D eigenvalue weighted by atomic mass is 10.2. The van der Waals surface area contributed by atoms with Crippen LogP contribution in [0.15, 0.2) is 30.3 Å². The van der Waals surface area contributed by atoms with Crippen LogP contribution in [-0.4, -0.2) is 24.1 Å². The molecule has 0 saturated heterocycles. The Bertz CT molecular complexity index is 557. The number of hydrogen-bond donors (Lipinski definition) is 2. The highest BCUT2D eigenvalue weighted by Crippen LogP contribution is 2.18. The van der Waals surface area contributed by atoms with E-state index in [0.29, 0.717) is 12.6 Å². The minimum Gasteiger partial charge on any atom is -0.380 e. The molecule has 0 fully saturated rings. The van der Waals surface area contributed by atoms with Gasteiger partial charge in [-0.05, 0) is 24.6 Å². The summed E-state index contributed by atoms with van der Waals surface area (Å²) in [5.74, 6) is 1.38. The monoisotopic (exact) mass is 258 g/mol. The first-order valence-corrected chi connectivity index (χ1v) is 6.09. The van der Waals surface area contributed by atoms with Gasteiger partial charge in [0.25, 0.3) is 0 Å². The van der Waals surface area contributed by atoms with E-state index in [4.69, 9.17) is 4.74 Å². The number of anilines is 3. The molecule has 2 rings (SSSR count). The number of methoxy groups -OCH3 is 1. The Hall–Kier alpha value is -2.14. The molecular formula is C14H18N4O. The van der Waals surface area contributed by atoms with Gasteiger partial charge in [-0.25, -0.2) is 4.98 Å². The Morgan fingerprint density at radius 1 is 1.21 bits per heavy atom. The van der Waals surface area contributed by atoms with Crippen molar-refractivity contribution in [1.29, 1.82) is 0 Å². The van der Waals surface area contributed by atoms with Gasteiger partial charge >= 0.3 is 0 Å². The average molecular weight is 258 g/mol. The summed E-state index contributed by atoms with van der Waals surface area (Å²) in [6, 6.07) is 9.96. The van der Waals surface area contributed by atoms with Crippen molar-refractivity contribution in [2.24, 2.45) is 0 Å². The van der Waals surface area contributed by atoms with Gasteiger partial charge in [-0.2, -0.15) is 4.98 Å². The van der Waals surface area contributed by atoms with Gasteiger partial charge in [0, 0.05) is 31.6 Å². The summed E-state index contributed by atoms with van der Waals surface area (Å²) in [7, 11) is 3.49. The summed E-state index contributed by atoms with van der Waals surface area (Å²) in [6.07, 6.45) is 0. The second kappa shape index (κ2) is 6.15. The molecule has 5 heteroatoms. The highest BCUT2D eigenvalue weighted by Gasteiger charge is 2.02. The van der Waals surface area contributed by atoms with Gasteiger partial charge < -0.3 is 15.4 Å². The average Bonchev–Trinajstić information content (AvgIpc) is 2.39. The molecule has 0 atom stereocenters. The molecule has 0 aliphatic rings. The van der Waals surface area contributed by atoms with E-state index in [9.17, 15) is 0 Å². The Labute approximate surface area is 113 Å². The third kappa shape index (κ3) is 3.66. The fraction of sp³-hybridized carbons (Fsp3) is 0.286. The van der Waals surface area contributed by atoms with Crippen molar-refractivity contribution in [3.8, 4) is 0 Å². The second-order valence-electron chi connectivity index (χ2n) is 4.23. The molecule has 19 heavy (non-hydrogen) atoms. The Morgan fingerprint density at radius 2 is 2.05 bits per heavy atom. The van der Waals surface area contributed by atoms with Crippen molar-refractivity contribution in [2.45, 2.75) is 13.5 Å². The summed E-state index contributed by atoms with van der Waals surface area (Å²) in [5, 5.41) is 6.22. The third-order valence-corrected chi connectivity index (χ3v) is 2.59. The molecule has 0 radical (unpaired) electrons. The number of benzene rings is 1. The smallest absolute Gasteiger partial charge is 0.224 e. The predicted octanol–water partition coefficient (Wildman–Crippen LogP) is 2.72. The van der Waals surface area contributed by atoms with E-state index in [2.05, 4.69) is 20.6 Å². The van der Waals surface area contributed by atoms with Crippen LogP contribution < -0.4 is 10.6 Å². The van der Waals surface area contributed by atoms with E-state index in [1.807, 2.05) is 37.3 Å². The largest absolute Gasteiger partial charge is 0.380 e. The maximum atomic E-state index is 5.13. The van der Waals surface area contributed by atoms with Gasteiger partial charge in [-0.3, -0.25) is 0 Å². The van der Waals surface area contributed by atoms with Crippen molar-refractivity contribution in [1.82, 2.24) is 9.97 Å². The summed E-state index contributed by atoms with van der Waals surface area (Å²) < 4.78 is 5.13. The molecule has 0 amide bonds. The van der Waals surface area contributed by atoms with Crippen molar-refractivity contribution in [3.63, 3.8) is 0 Å². The van der Waals surface area contributed by atoms with Crippen LogP contribution >= 0.6 is 0 Å². The van der Waals surface area contributed by atoms with E-state index in [-0.39, 0.29) is 0 Å². The lowest BCUT2D eigenvalue weighted by Crippen LogP contribution is -2.02. The number of ether oxygens (including phenoxy) is 1. The molecule has 2 N–H and O–H groups in total. The standard InChI is InChI=1S/C14H18N4O/c1-10-7-13(18-14(15-2)16-10)17-12-6-4-5-11(8-12)9-19-3/h4-8H,9H2,1-3H3,(H2,15,16,17,18). The molecule has 0 aliphatic heterocycles. The lowest BCUT2D eigenvalue weighted by Gasteiger charge is -2.09. The van der Waals surface area contributed by atoms with Crippen LogP contribution in [0.2, 0.25) is 0 Å². The Morgan fingerprint density at radius 3 is 2.79 bits per heavy atom. The van der Waals surface area contributed by atoms with Gasteiger partial charge in [0.1, 0.15) is 5.82 Å². The van der Waals surface area contributed by atoms with Crippen LogP contribution in [0.25, 0.3) is 0 Å². The van der Waals surface area contributed by atoms with Crippen LogP contribution in [-0.2, 0) is 11.3 Å². The summed E-state index contributed by atoms with van der Waals surface area (Å²) in [4.78, 5) is 8.62. The molecule has 0 aliphatic carbocycles. The second-order valence-corrected chi connectivity index (χ2v) is 4.23. The molecule has 2 aromatic rings. The van der Waals surface area contributed by atoms with Crippen molar-refractivity contribution in [3.05, 3.63) is 41.6 Å². The van der Waals surface area contributed by atoms with Crippen molar-refractivity contribution < 1.29 is 4.74 Å². The molecule has 0 bridgehead atoms. The highest BCUT2D eigenvalue weighted by molar-refractivity contribution is 5.58. The van der Waals surface area contributed by atoms with Gasteiger partial charge in [0.2, 0.25) is 5.95 Å². The highest BCUT2D eigenvalue weighted by atomic mass is 16.5. The number of nitrogens with zero attached hydrogens (tertiary/aromatic N) is 2. The third-order valence-electron chi connectivity index (χ3n) is 2.59. The Kier molecular flexibility index (Phi) is 4.30. The summed E-state index contributed by atoms with van der Waals surface area (Å²) >= 11 is 0. The van der Waals surface area contributed by atoms with Crippen LogP contribution in [0.3, 0.4) is 0 Å². The van der Waals surface area contributed by atoms with Gasteiger partial charge in [-0.1, -0.05) is 12.1 Å². The number of nitrogens with one attached hydrogen (secondary N) is 2. The maximum Gasteiger partial charge on any atom is 0.224 e. The van der Waals surface area contributed by atoms with Crippen molar-refractivity contribution in [2.75, 3.05) is 24.8 Å². The minimum atomic E-state index is 0.597. The first-order valence-electron chi connectivity index (χ1n) is 6.09. The zero-order valence-corrected chi connectivity index (χ0v) is 11.4. The topological polar surface area (TPSA) is 59.1 Å². The fourth-order valence-corrected chi connectivity index (χ4v) is 1.80. The summed E-state index contributed by atoms with van der Waals surface area (Å²) in [5.41, 5.74) is 3.01. The number of rotatable bonds is 5. The molecule has 0 spiro atoms. The number of hydrogen-bond acceptors (Lipinski definition) is 5. The van der Waals surface area contributed by atoms with Crippen LogP contribution in [0.1, 0.15) is 11.3 Å². The van der Waals surface area contributed by atoms with E-state index in [0.717, 1.165) is 22.8 Å². The van der Waals surface area contributed by atoms with Gasteiger partial charge in [0.15, 0.2) is 0 Å². The SMILES string of the molecule is CNc1nc(C)cc(Nc2cccc(COC)c2)n1. The maximum absolute atomic E-state index is 5.13. The number of aromatic nitrogens is 2. The van der Waals surface area contributed by atoms with Gasteiger partial charge in [0.05, 0.1) is 6.61 Å². The van der Waals surface area contributed by atoms with E-state index in [1.54, 1.807) is 14.2 Å². The van der Waals surface area contributed by atoms with Crippen LogP contribution in [0, 0.1) is 6.92 Å². The first kappa shape index (κ1) is 13.3. The molecule has 0 saturated carbocycles. The van der Waals surface area contributed by atoms with E-state index >= 15 is 0 Å². The predicted molar refractivity (Wildman–Crippen MR) is 76.8 cm³/mol. The molecule has 5 nitrogen and oxygen atoms in total. The molecule has 1 heterocycles. The zero-order valence-electron chi connectivity index (χ0n) is 11.4. The minimum absolute atomic E-state index is 0.597. The molecule has 100 valence electrons. The van der Waals surface area contributed by atoms with E-state index < -0.39 is 0 Å². The number of aryl methyl sites for hydroxylation is 1. The van der Waals surface area contributed by atoms with E-state index in [1.165, 1.54) is 0 Å². The molecular weight excluding hydrogens is 240 g/mol. The normalized spacial score (nSPS) is 10.3. The zero-order chi connectivity index (χ0) is 13.7. The first-order chi connectivity index (χ1) is 9.21. The fourth-order valence-electron chi connectivity index (χ4n) is 1.80. The molecule has 0 unspecified atom stereocenters. The summed E-state index contributed by atoms with van der Waals surface area (Å²) in [6.45, 7) is 2.54. The van der Waals surface area contributed by atoms with Crippen LogP contribution in [0.5, 0.6) is 0 Å². The molecule has 1 aromatic heterocycles. The van der Waals surface area contributed by atoms with Crippen molar-refractivity contribution >= 4 is 17.5 Å². The lowest BCUT2D eigenvalue weighted by molar-refractivity contribution is 0.185. The van der Waals surface area contributed by atoms with Crippen LogP contribution in [0.4, 0.5) is 17.5 Å². The van der Waals surface area contributed by atoms with Gasteiger partial charge in [-0.15, -0.1) is 0 Å². The molecule has 1 aromatic carbocycles.